The summed E-state index contributed by atoms with van der Waals surface area (Å²) in [5.74, 6) is 0.674. The minimum Gasteiger partial charge on any atom is -0.462 e. The summed E-state index contributed by atoms with van der Waals surface area (Å²) in [5, 5.41) is 0. The van der Waals surface area contributed by atoms with Gasteiger partial charge < -0.3 is 9.47 Å². The van der Waals surface area contributed by atoms with E-state index in [9.17, 15) is 13.2 Å². The van der Waals surface area contributed by atoms with Gasteiger partial charge in [0.1, 0.15) is 11.5 Å². The lowest BCUT2D eigenvalue weighted by Gasteiger charge is -2.10. The van der Waals surface area contributed by atoms with Crippen molar-refractivity contribution in [3.05, 3.63) is 84.4 Å². The first-order valence-corrected chi connectivity index (χ1v) is 10.1. The third-order valence-corrected chi connectivity index (χ3v) is 5.14. The number of rotatable bonds is 7. The fourth-order valence-corrected chi connectivity index (χ4v) is 3.50. The molecule has 0 aliphatic heterocycles. The fraction of sp³-hybridized carbons (Fsp3) is 0.0952. The van der Waals surface area contributed by atoms with Crippen molar-refractivity contribution in [1.29, 1.82) is 0 Å². The van der Waals surface area contributed by atoms with Gasteiger partial charge in [-0.25, -0.2) is 13.2 Å². The molecule has 3 rings (SSSR count). The van der Waals surface area contributed by atoms with Gasteiger partial charge in [0, 0.05) is 5.69 Å². The van der Waals surface area contributed by atoms with Crippen molar-refractivity contribution in [3.63, 3.8) is 0 Å². The minimum atomic E-state index is -3.82. The SMILES string of the molecule is CCOC(=O)c1cccc(NS(=O)(=O)c2ccc(Oc3ccccc3)cc2)c1. The number of hydrogen-bond acceptors (Lipinski definition) is 5. The van der Waals surface area contributed by atoms with Gasteiger partial charge in [-0.15, -0.1) is 0 Å². The van der Waals surface area contributed by atoms with E-state index >= 15 is 0 Å². The van der Waals surface area contributed by atoms with Crippen LogP contribution in [-0.2, 0) is 14.8 Å². The molecule has 28 heavy (non-hydrogen) atoms. The van der Waals surface area contributed by atoms with Crippen LogP contribution in [-0.4, -0.2) is 21.0 Å². The smallest absolute Gasteiger partial charge is 0.338 e. The van der Waals surface area contributed by atoms with Gasteiger partial charge in [-0.05, 0) is 61.5 Å². The summed E-state index contributed by atoms with van der Waals surface area (Å²) in [6.07, 6.45) is 0. The zero-order valence-corrected chi connectivity index (χ0v) is 16.0. The Labute approximate surface area is 163 Å². The number of carbonyl (C=O) groups excluding carboxylic acids is 1. The standard InChI is InChI=1S/C21H19NO5S/c1-2-26-21(23)16-7-6-8-17(15-16)22-28(24,25)20-13-11-19(12-14-20)27-18-9-4-3-5-10-18/h3-15,22H,2H2,1H3. The molecule has 0 saturated carbocycles. The summed E-state index contributed by atoms with van der Waals surface area (Å²) in [4.78, 5) is 11.9. The van der Waals surface area contributed by atoms with E-state index in [0.29, 0.717) is 11.5 Å². The fourth-order valence-electron chi connectivity index (χ4n) is 2.45. The highest BCUT2D eigenvalue weighted by Gasteiger charge is 2.16. The number of carbonyl (C=O) groups is 1. The maximum Gasteiger partial charge on any atom is 0.338 e. The number of anilines is 1. The highest BCUT2D eigenvalue weighted by atomic mass is 32.2. The van der Waals surface area contributed by atoms with E-state index in [4.69, 9.17) is 9.47 Å². The van der Waals surface area contributed by atoms with E-state index < -0.39 is 16.0 Å². The molecule has 0 aromatic heterocycles. The number of hydrogen-bond donors (Lipinski definition) is 1. The average molecular weight is 397 g/mol. The summed E-state index contributed by atoms with van der Waals surface area (Å²) < 4.78 is 38.3. The van der Waals surface area contributed by atoms with Crippen LogP contribution in [0.15, 0.2) is 83.8 Å². The van der Waals surface area contributed by atoms with Crippen LogP contribution in [0.5, 0.6) is 11.5 Å². The Kier molecular flexibility index (Phi) is 5.96. The number of esters is 1. The molecule has 144 valence electrons. The van der Waals surface area contributed by atoms with Crippen molar-refractivity contribution in [2.75, 3.05) is 11.3 Å². The molecule has 3 aromatic carbocycles. The minimum absolute atomic E-state index is 0.0782. The van der Waals surface area contributed by atoms with Crippen molar-refractivity contribution in [2.45, 2.75) is 11.8 Å². The second-order valence-corrected chi connectivity index (χ2v) is 7.48. The monoisotopic (exact) mass is 397 g/mol. The lowest BCUT2D eigenvalue weighted by molar-refractivity contribution is 0.0526. The first-order chi connectivity index (χ1) is 13.5. The molecular weight excluding hydrogens is 378 g/mol. The van der Waals surface area contributed by atoms with Crippen molar-refractivity contribution < 1.29 is 22.7 Å². The van der Waals surface area contributed by atoms with E-state index in [1.807, 2.05) is 30.3 Å². The summed E-state index contributed by atoms with van der Waals surface area (Å²) in [5.41, 5.74) is 0.545. The highest BCUT2D eigenvalue weighted by molar-refractivity contribution is 7.92. The molecule has 0 aliphatic rings. The first kappa shape index (κ1) is 19.4. The largest absolute Gasteiger partial charge is 0.462 e. The Morgan fingerprint density at radius 1 is 0.893 bits per heavy atom. The van der Waals surface area contributed by atoms with Crippen LogP contribution < -0.4 is 9.46 Å². The van der Waals surface area contributed by atoms with Crippen molar-refractivity contribution >= 4 is 21.7 Å². The second kappa shape index (κ2) is 8.58. The Morgan fingerprint density at radius 3 is 2.25 bits per heavy atom. The van der Waals surface area contributed by atoms with Gasteiger partial charge in [0.15, 0.2) is 0 Å². The molecule has 0 spiro atoms. The normalized spacial score (nSPS) is 10.9. The highest BCUT2D eigenvalue weighted by Crippen LogP contribution is 2.24. The third kappa shape index (κ3) is 4.89. The summed E-state index contributed by atoms with van der Waals surface area (Å²) in [7, 11) is -3.82. The molecule has 0 fully saturated rings. The molecule has 3 aromatic rings. The van der Waals surface area contributed by atoms with Crippen LogP contribution in [0.25, 0.3) is 0 Å². The zero-order valence-electron chi connectivity index (χ0n) is 15.2. The topological polar surface area (TPSA) is 81.7 Å². The van der Waals surface area contributed by atoms with Crippen LogP contribution in [0.1, 0.15) is 17.3 Å². The Hall–Kier alpha value is -3.32. The number of benzene rings is 3. The second-order valence-electron chi connectivity index (χ2n) is 5.79. The van der Waals surface area contributed by atoms with Gasteiger partial charge in [0.05, 0.1) is 17.1 Å². The first-order valence-electron chi connectivity index (χ1n) is 8.61. The lowest BCUT2D eigenvalue weighted by atomic mass is 10.2. The molecule has 0 bridgehead atoms. The van der Waals surface area contributed by atoms with Crippen molar-refractivity contribution in [3.8, 4) is 11.5 Å². The molecule has 0 saturated heterocycles. The number of sulfonamides is 1. The maximum atomic E-state index is 12.6. The molecule has 6 nitrogen and oxygen atoms in total. The van der Waals surface area contributed by atoms with Gasteiger partial charge in [-0.2, -0.15) is 0 Å². The van der Waals surface area contributed by atoms with Crippen LogP contribution in [0.4, 0.5) is 5.69 Å². The molecule has 1 N–H and O–H groups in total. The number of nitrogens with one attached hydrogen (secondary N) is 1. The van der Waals surface area contributed by atoms with E-state index in [1.165, 1.54) is 18.2 Å². The molecular formula is C21H19NO5S. The predicted molar refractivity (Wildman–Crippen MR) is 106 cm³/mol. The molecule has 0 atom stereocenters. The molecule has 7 heteroatoms. The molecule has 0 heterocycles. The number of ether oxygens (including phenoxy) is 2. The Balaban J connectivity index is 1.74. The van der Waals surface area contributed by atoms with Gasteiger partial charge in [0.2, 0.25) is 0 Å². The summed E-state index contributed by atoms with van der Waals surface area (Å²) in [6, 6.07) is 21.4. The Bertz CT molecular complexity index is 1050. The van der Waals surface area contributed by atoms with E-state index in [1.54, 1.807) is 37.3 Å². The molecule has 0 radical (unpaired) electrons. The molecule has 0 unspecified atom stereocenters. The predicted octanol–water partition coefficient (Wildman–Crippen LogP) is 4.46. The van der Waals surface area contributed by atoms with Crippen LogP contribution in [0.3, 0.4) is 0 Å². The summed E-state index contributed by atoms with van der Waals surface area (Å²) in [6.45, 7) is 1.95. The van der Waals surface area contributed by atoms with Crippen LogP contribution in [0, 0.1) is 0 Å². The van der Waals surface area contributed by atoms with E-state index in [2.05, 4.69) is 4.72 Å². The molecule has 0 amide bonds. The van der Waals surface area contributed by atoms with Crippen LogP contribution in [0.2, 0.25) is 0 Å². The quantitative estimate of drug-likeness (QED) is 0.596. The third-order valence-electron chi connectivity index (χ3n) is 3.74. The van der Waals surface area contributed by atoms with Gasteiger partial charge in [0.25, 0.3) is 10.0 Å². The maximum absolute atomic E-state index is 12.6. The van der Waals surface area contributed by atoms with Gasteiger partial charge in [-0.3, -0.25) is 4.72 Å². The zero-order chi connectivity index (χ0) is 20.0. The van der Waals surface area contributed by atoms with E-state index in [0.717, 1.165) is 0 Å². The molecule has 0 aliphatic carbocycles. The van der Waals surface area contributed by atoms with Gasteiger partial charge >= 0.3 is 5.97 Å². The van der Waals surface area contributed by atoms with Crippen LogP contribution >= 0.6 is 0 Å². The number of para-hydroxylation sites is 1. The van der Waals surface area contributed by atoms with Crippen molar-refractivity contribution in [1.82, 2.24) is 0 Å². The summed E-state index contributed by atoms with van der Waals surface area (Å²) >= 11 is 0. The average Bonchev–Trinajstić information content (AvgIpc) is 2.69. The van der Waals surface area contributed by atoms with E-state index in [-0.39, 0.29) is 22.8 Å². The van der Waals surface area contributed by atoms with Crippen molar-refractivity contribution in [2.24, 2.45) is 0 Å². The lowest BCUT2D eigenvalue weighted by Crippen LogP contribution is -2.13. The van der Waals surface area contributed by atoms with Gasteiger partial charge in [-0.1, -0.05) is 24.3 Å². The Morgan fingerprint density at radius 2 is 1.57 bits per heavy atom.